The van der Waals surface area contributed by atoms with Gasteiger partial charge in [0.2, 0.25) is 0 Å². The van der Waals surface area contributed by atoms with Crippen molar-refractivity contribution in [3.63, 3.8) is 0 Å². The molecule has 3 fully saturated rings. The summed E-state index contributed by atoms with van der Waals surface area (Å²) in [4.78, 5) is 36.6. The van der Waals surface area contributed by atoms with Crippen molar-refractivity contribution < 1.29 is 19.5 Å². The van der Waals surface area contributed by atoms with E-state index in [1.165, 1.54) is 0 Å². The Bertz CT molecular complexity index is 929. The molecule has 1 N–H and O–H groups in total. The number of Topliss-reactive ketones (excluding diaryl/α,β-unsaturated/α-hetero) is 2. The summed E-state index contributed by atoms with van der Waals surface area (Å²) in [5, 5.41) is 8.74. The molecule has 0 aliphatic heterocycles. The minimum Gasteiger partial charge on any atom is -0.478 e. The summed E-state index contributed by atoms with van der Waals surface area (Å²) >= 11 is 0. The Hall–Kier alpha value is -2.23. The Morgan fingerprint density at radius 1 is 1.00 bits per heavy atom. The molecule has 0 aromatic heterocycles. The molecule has 0 bridgehead atoms. The number of carboxylic acids is 1. The molecule has 0 heterocycles. The van der Waals surface area contributed by atoms with Crippen LogP contribution in [0.5, 0.6) is 0 Å². The van der Waals surface area contributed by atoms with Gasteiger partial charge in [-0.1, -0.05) is 57.6 Å². The van der Waals surface area contributed by atoms with Crippen molar-refractivity contribution in [2.24, 2.45) is 28.1 Å². The molecular weight excluding hydrogens is 388 g/mol. The third-order valence-electron chi connectivity index (χ3n) is 8.62. The van der Waals surface area contributed by atoms with E-state index < -0.39 is 5.97 Å². The van der Waals surface area contributed by atoms with Crippen LogP contribution < -0.4 is 0 Å². The van der Waals surface area contributed by atoms with Crippen molar-refractivity contribution in [2.75, 3.05) is 0 Å². The van der Waals surface area contributed by atoms with Crippen LogP contribution in [0.3, 0.4) is 0 Å². The highest BCUT2D eigenvalue weighted by Crippen LogP contribution is 2.68. The van der Waals surface area contributed by atoms with Crippen LogP contribution in [0.1, 0.15) is 73.6 Å². The lowest BCUT2D eigenvalue weighted by Crippen LogP contribution is -2.56. The third-order valence-corrected chi connectivity index (χ3v) is 8.62. The molecule has 0 aromatic carbocycles. The predicted molar refractivity (Wildman–Crippen MR) is 122 cm³/mol. The molecule has 168 valence electrons. The maximum absolute atomic E-state index is 13.3. The minimum atomic E-state index is -0.970. The normalized spacial score (nSPS) is 37.3. The van der Waals surface area contributed by atoms with Crippen molar-refractivity contribution in [3.8, 4) is 0 Å². The molecule has 0 spiro atoms. The van der Waals surface area contributed by atoms with Crippen LogP contribution in [0.4, 0.5) is 0 Å². The lowest BCUT2D eigenvalue weighted by atomic mass is 9.43. The van der Waals surface area contributed by atoms with Gasteiger partial charge in [0.1, 0.15) is 5.78 Å². The molecule has 4 heteroatoms. The number of hydrogen-bond acceptors (Lipinski definition) is 3. The van der Waals surface area contributed by atoms with Gasteiger partial charge in [0.25, 0.3) is 0 Å². The van der Waals surface area contributed by atoms with Crippen LogP contribution >= 0.6 is 0 Å². The minimum absolute atomic E-state index is 0.00390. The number of aliphatic carboxylic acids is 1. The van der Waals surface area contributed by atoms with E-state index in [0.717, 1.165) is 42.1 Å². The number of carboxylic acid groups (broad SMARTS) is 1. The van der Waals surface area contributed by atoms with Crippen LogP contribution in [0.25, 0.3) is 0 Å². The van der Waals surface area contributed by atoms with Crippen molar-refractivity contribution in [1.29, 1.82) is 0 Å². The number of allylic oxidation sites excluding steroid dienone is 7. The summed E-state index contributed by atoms with van der Waals surface area (Å²) in [6.45, 7) is 12.7. The summed E-state index contributed by atoms with van der Waals surface area (Å²) in [7, 11) is 0. The Balaban J connectivity index is 1.93. The summed E-state index contributed by atoms with van der Waals surface area (Å²) in [5.74, 6) is 0.249. The molecule has 0 radical (unpaired) electrons. The molecular formula is C27H36O4. The molecule has 0 amide bonds. The smallest absolute Gasteiger partial charge is 0.328 e. The van der Waals surface area contributed by atoms with Crippen LogP contribution in [0.15, 0.2) is 47.1 Å². The zero-order valence-electron chi connectivity index (χ0n) is 19.7. The molecule has 3 aliphatic rings. The summed E-state index contributed by atoms with van der Waals surface area (Å²) in [6, 6.07) is 0. The van der Waals surface area contributed by atoms with Crippen molar-refractivity contribution in [2.45, 2.75) is 73.6 Å². The Morgan fingerprint density at radius 3 is 2.32 bits per heavy atom. The first kappa shape index (κ1) is 23.4. The zero-order valence-corrected chi connectivity index (χ0v) is 19.7. The maximum Gasteiger partial charge on any atom is 0.328 e. The first-order valence-corrected chi connectivity index (χ1v) is 11.4. The summed E-state index contributed by atoms with van der Waals surface area (Å²) < 4.78 is 0. The maximum atomic E-state index is 13.3. The molecule has 31 heavy (non-hydrogen) atoms. The first-order valence-electron chi connectivity index (χ1n) is 11.4. The van der Waals surface area contributed by atoms with E-state index in [-0.39, 0.29) is 27.9 Å². The topological polar surface area (TPSA) is 71.4 Å². The fourth-order valence-corrected chi connectivity index (χ4v) is 7.07. The van der Waals surface area contributed by atoms with Crippen molar-refractivity contribution >= 4 is 17.5 Å². The molecule has 0 saturated heterocycles. The number of fused-ring (bicyclic) bond motifs is 3. The quantitative estimate of drug-likeness (QED) is 0.454. The zero-order chi connectivity index (χ0) is 23.2. The van der Waals surface area contributed by atoms with Gasteiger partial charge in [0.05, 0.1) is 0 Å². The van der Waals surface area contributed by atoms with Gasteiger partial charge in [0, 0.05) is 35.3 Å². The average Bonchev–Trinajstić information content (AvgIpc) is 2.95. The van der Waals surface area contributed by atoms with Crippen molar-refractivity contribution in [1.82, 2.24) is 0 Å². The van der Waals surface area contributed by atoms with Gasteiger partial charge in [0.15, 0.2) is 5.78 Å². The van der Waals surface area contributed by atoms with Gasteiger partial charge in [-0.3, -0.25) is 9.59 Å². The van der Waals surface area contributed by atoms with E-state index in [1.54, 1.807) is 6.08 Å². The monoisotopic (exact) mass is 424 g/mol. The third kappa shape index (κ3) is 3.90. The van der Waals surface area contributed by atoms with Crippen LogP contribution in [-0.4, -0.2) is 22.6 Å². The standard InChI is InChI=1S/C27H36O4/c1-17(10-11-23(30)31)8-7-9-18(2)24-19(28)16-21-26(5)15-13-22(29)25(3,4)20(26)12-14-27(21,24)6/h7-11,20-21H,12-16H2,1-6H3,(H,30,31)/b9-7+,11-10+,17-8+,24-18-/t20-,21-,26-,27-/m0/s1. The second-order valence-corrected chi connectivity index (χ2v) is 10.8. The highest BCUT2D eigenvalue weighted by atomic mass is 16.4. The first-order chi connectivity index (χ1) is 14.3. The predicted octanol–water partition coefficient (Wildman–Crippen LogP) is 5.85. The Morgan fingerprint density at radius 2 is 1.68 bits per heavy atom. The fourth-order valence-electron chi connectivity index (χ4n) is 7.07. The molecule has 0 aromatic rings. The Labute approximate surface area is 186 Å². The SMILES string of the molecule is CC(/C=C/C(=O)O)=C\C=C\C(C)=C1\C(=O)C[C@H]2[C@@]3(C)CCC(=O)C(C)(C)[C@@H]3CC[C@]12C. The second-order valence-electron chi connectivity index (χ2n) is 10.8. The molecule has 4 atom stereocenters. The van der Waals surface area contributed by atoms with Crippen LogP contribution in [0.2, 0.25) is 0 Å². The number of rotatable bonds is 4. The van der Waals surface area contributed by atoms with E-state index in [1.807, 2.05) is 32.1 Å². The molecule has 0 unspecified atom stereocenters. The molecule has 4 nitrogen and oxygen atoms in total. The second kappa shape index (κ2) is 8.03. The summed E-state index contributed by atoms with van der Waals surface area (Å²) in [5.41, 5.74) is 2.31. The average molecular weight is 425 g/mol. The van der Waals surface area contributed by atoms with Crippen LogP contribution in [-0.2, 0) is 14.4 Å². The van der Waals surface area contributed by atoms with Gasteiger partial charge in [-0.05, 0) is 55.9 Å². The van der Waals surface area contributed by atoms with Gasteiger partial charge in [-0.2, -0.15) is 0 Å². The summed E-state index contributed by atoms with van der Waals surface area (Å²) in [6.07, 6.45) is 12.4. The number of hydrogen-bond donors (Lipinski definition) is 1. The van der Waals surface area contributed by atoms with E-state index in [9.17, 15) is 14.4 Å². The van der Waals surface area contributed by atoms with Crippen LogP contribution in [0, 0.1) is 28.1 Å². The van der Waals surface area contributed by atoms with Crippen molar-refractivity contribution in [3.05, 3.63) is 47.1 Å². The highest BCUT2D eigenvalue weighted by Gasteiger charge is 2.64. The Kier molecular flexibility index (Phi) is 6.07. The van der Waals surface area contributed by atoms with E-state index in [0.29, 0.717) is 24.5 Å². The van der Waals surface area contributed by atoms with Gasteiger partial charge < -0.3 is 5.11 Å². The van der Waals surface area contributed by atoms with Gasteiger partial charge >= 0.3 is 5.97 Å². The largest absolute Gasteiger partial charge is 0.478 e. The molecule has 3 saturated carbocycles. The van der Waals surface area contributed by atoms with E-state index >= 15 is 0 Å². The number of carbonyl (C=O) groups excluding carboxylic acids is 2. The number of ketones is 2. The molecule has 3 rings (SSSR count). The van der Waals surface area contributed by atoms with Gasteiger partial charge in [-0.25, -0.2) is 4.79 Å². The lowest BCUT2D eigenvalue weighted by molar-refractivity contribution is -0.154. The highest BCUT2D eigenvalue weighted by molar-refractivity contribution is 6.01. The molecule has 3 aliphatic carbocycles. The van der Waals surface area contributed by atoms with E-state index in [4.69, 9.17) is 5.11 Å². The van der Waals surface area contributed by atoms with E-state index in [2.05, 4.69) is 27.7 Å². The fraction of sp³-hybridized carbons (Fsp3) is 0.593. The number of carbonyl (C=O) groups is 3. The lowest BCUT2D eigenvalue weighted by Gasteiger charge is -2.60. The van der Waals surface area contributed by atoms with Gasteiger partial charge in [-0.15, -0.1) is 0 Å².